The van der Waals surface area contributed by atoms with E-state index in [0.29, 0.717) is 50.1 Å². The summed E-state index contributed by atoms with van der Waals surface area (Å²) >= 11 is 6.07. The second kappa shape index (κ2) is 11.3. The number of benzene rings is 1. The number of furan rings is 1. The molecule has 0 unspecified atom stereocenters. The molecule has 1 fully saturated rings. The Morgan fingerprint density at radius 3 is 2.59 bits per heavy atom. The Morgan fingerprint density at radius 1 is 1.24 bits per heavy atom. The molecule has 0 aliphatic carbocycles. The van der Waals surface area contributed by atoms with Crippen LogP contribution in [-0.2, 0) is 6.54 Å². The monoisotopic (exact) mass is 532 g/mol. The number of piperazine rings is 1. The van der Waals surface area contributed by atoms with E-state index in [-0.39, 0.29) is 29.9 Å². The zero-order chi connectivity index (χ0) is 19.9. The lowest BCUT2D eigenvalue weighted by atomic mass is 10.2. The summed E-state index contributed by atoms with van der Waals surface area (Å²) in [5.74, 6) is 1.87. The van der Waals surface area contributed by atoms with Crippen LogP contribution in [0.25, 0.3) is 0 Å². The van der Waals surface area contributed by atoms with Crippen LogP contribution in [0.2, 0.25) is 5.02 Å². The molecule has 3 rings (SSSR count). The van der Waals surface area contributed by atoms with Gasteiger partial charge in [0, 0.05) is 50.4 Å². The van der Waals surface area contributed by atoms with Crippen molar-refractivity contribution < 1.29 is 13.9 Å². The lowest BCUT2D eigenvalue weighted by molar-refractivity contribution is 0.0657. The van der Waals surface area contributed by atoms with Gasteiger partial charge in [-0.1, -0.05) is 17.7 Å². The number of ether oxygens (including phenoxy) is 1. The van der Waals surface area contributed by atoms with E-state index in [1.54, 1.807) is 24.1 Å². The molecule has 29 heavy (non-hydrogen) atoms. The maximum atomic E-state index is 12.4. The van der Waals surface area contributed by atoms with Gasteiger partial charge in [0.2, 0.25) is 0 Å². The van der Waals surface area contributed by atoms with Crippen LogP contribution in [-0.4, -0.2) is 61.5 Å². The van der Waals surface area contributed by atoms with E-state index >= 15 is 0 Å². The Balaban J connectivity index is 0.00000300. The van der Waals surface area contributed by atoms with E-state index in [4.69, 9.17) is 20.8 Å². The summed E-state index contributed by atoms with van der Waals surface area (Å²) in [6, 6.07) is 9.04. The molecule has 1 aliphatic rings. The summed E-state index contributed by atoms with van der Waals surface area (Å²) in [6.07, 6.45) is 1.52. The number of carbonyl (C=O) groups is 1. The molecule has 0 atom stereocenters. The predicted molar refractivity (Wildman–Crippen MR) is 124 cm³/mol. The molecule has 158 valence electrons. The highest BCUT2D eigenvalue weighted by Crippen LogP contribution is 2.23. The van der Waals surface area contributed by atoms with Crippen LogP contribution in [0.15, 0.2) is 46.0 Å². The molecule has 1 N–H and O–H groups in total. The van der Waals surface area contributed by atoms with E-state index in [1.807, 2.05) is 25.1 Å². The van der Waals surface area contributed by atoms with Crippen molar-refractivity contribution in [1.82, 2.24) is 15.1 Å². The molecule has 0 bridgehead atoms. The van der Waals surface area contributed by atoms with Gasteiger partial charge >= 0.3 is 0 Å². The average Bonchev–Trinajstić information content (AvgIpc) is 3.25. The van der Waals surface area contributed by atoms with Gasteiger partial charge in [-0.25, -0.2) is 0 Å². The summed E-state index contributed by atoms with van der Waals surface area (Å²) < 4.78 is 10.9. The number of carbonyl (C=O) groups excluding carboxylic acids is 1. The van der Waals surface area contributed by atoms with Gasteiger partial charge in [-0.05, 0) is 31.2 Å². The first-order valence-electron chi connectivity index (χ1n) is 9.32. The maximum absolute atomic E-state index is 12.4. The second-order valence-corrected chi connectivity index (χ2v) is 6.78. The van der Waals surface area contributed by atoms with Crippen LogP contribution in [0, 0.1) is 0 Å². The van der Waals surface area contributed by atoms with Gasteiger partial charge < -0.3 is 24.3 Å². The van der Waals surface area contributed by atoms with Crippen molar-refractivity contribution in [1.29, 1.82) is 0 Å². The number of aliphatic imine (C=N–C) groups is 1. The van der Waals surface area contributed by atoms with Gasteiger partial charge in [-0.3, -0.25) is 9.79 Å². The molecule has 9 heteroatoms. The number of halogens is 2. The minimum atomic E-state index is -0.0740. The maximum Gasteiger partial charge on any atom is 0.289 e. The Kier molecular flexibility index (Phi) is 9.09. The Hall–Kier alpha value is -1.94. The van der Waals surface area contributed by atoms with Crippen molar-refractivity contribution in [3.63, 3.8) is 0 Å². The molecule has 1 saturated heterocycles. The first kappa shape index (κ1) is 23.3. The van der Waals surface area contributed by atoms with Crippen LogP contribution >= 0.6 is 35.6 Å². The quantitative estimate of drug-likeness (QED) is 0.363. The lowest BCUT2D eigenvalue weighted by Gasteiger charge is -2.36. The van der Waals surface area contributed by atoms with Crippen LogP contribution in [0.4, 0.5) is 0 Å². The van der Waals surface area contributed by atoms with E-state index in [1.165, 1.54) is 6.26 Å². The van der Waals surface area contributed by atoms with Crippen LogP contribution < -0.4 is 10.1 Å². The summed E-state index contributed by atoms with van der Waals surface area (Å²) in [5.41, 5.74) is 1.01. The molecule has 1 aromatic heterocycles. The number of nitrogens with one attached hydrogen (secondary N) is 1. The molecule has 7 nitrogen and oxygen atoms in total. The highest BCUT2D eigenvalue weighted by Gasteiger charge is 2.25. The Bertz CT molecular complexity index is 821. The molecule has 1 aliphatic heterocycles. The number of rotatable bonds is 5. The molecule has 1 aromatic carbocycles. The highest BCUT2D eigenvalue weighted by atomic mass is 127. The molecular formula is C20H26ClIN4O3. The Labute approximate surface area is 193 Å². The van der Waals surface area contributed by atoms with E-state index in [0.717, 1.165) is 17.3 Å². The van der Waals surface area contributed by atoms with Gasteiger partial charge in [0.15, 0.2) is 11.7 Å². The van der Waals surface area contributed by atoms with Gasteiger partial charge in [0.1, 0.15) is 5.75 Å². The minimum absolute atomic E-state index is 0. The molecule has 2 aromatic rings. The first-order chi connectivity index (χ1) is 13.6. The Morgan fingerprint density at radius 2 is 1.97 bits per heavy atom. The topological polar surface area (TPSA) is 70.3 Å². The van der Waals surface area contributed by atoms with E-state index in [9.17, 15) is 4.79 Å². The zero-order valence-electron chi connectivity index (χ0n) is 16.6. The zero-order valence-corrected chi connectivity index (χ0v) is 19.6. The van der Waals surface area contributed by atoms with Crippen LogP contribution in [0.3, 0.4) is 0 Å². The van der Waals surface area contributed by atoms with E-state index in [2.05, 4.69) is 15.2 Å². The summed E-state index contributed by atoms with van der Waals surface area (Å²) in [6.45, 7) is 5.73. The van der Waals surface area contributed by atoms with Gasteiger partial charge in [0.25, 0.3) is 5.91 Å². The predicted octanol–water partition coefficient (Wildman–Crippen LogP) is 3.48. The van der Waals surface area contributed by atoms with Crippen molar-refractivity contribution in [2.45, 2.75) is 13.5 Å². The molecule has 1 amide bonds. The normalized spacial score (nSPS) is 14.4. The smallest absolute Gasteiger partial charge is 0.289 e. The first-order valence-corrected chi connectivity index (χ1v) is 9.69. The standard InChI is InChI=1S/C20H25ClN4O3.HI/c1-3-27-18-13-16(21)7-6-15(18)14-23-20(22-2)25-10-8-24(9-11-25)19(26)17-5-4-12-28-17;/h4-7,12-13H,3,8-11,14H2,1-2H3,(H,22,23);1H. The van der Waals surface area contributed by atoms with Crippen molar-refractivity contribution in [3.05, 3.63) is 52.9 Å². The number of amides is 1. The average molecular weight is 533 g/mol. The lowest BCUT2D eigenvalue weighted by Crippen LogP contribution is -2.53. The van der Waals surface area contributed by atoms with Crippen LogP contribution in [0.5, 0.6) is 5.75 Å². The number of hydrogen-bond donors (Lipinski definition) is 1. The molecule has 0 spiro atoms. The second-order valence-electron chi connectivity index (χ2n) is 6.34. The summed E-state index contributed by atoms with van der Waals surface area (Å²) in [4.78, 5) is 20.7. The fourth-order valence-electron chi connectivity index (χ4n) is 3.15. The third-order valence-electron chi connectivity index (χ3n) is 4.58. The number of guanidine groups is 1. The van der Waals surface area contributed by atoms with Gasteiger partial charge in [0.05, 0.1) is 12.9 Å². The minimum Gasteiger partial charge on any atom is -0.493 e. The van der Waals surface area contributed by atoms with Gasteiger partial charge in [-0.2, -0.15) is 0 Å². The molecule has 0 radical (unpaired) electrons. The number of hydrogen-bond acceptors (Lipinski definition) is 4. The van der Waals surface area contributed by atoms with Crippen molar-refractivity contribution in [2.24, 2.45) is 4.99 Å². The molecule has 2 heterocycles. The summed E-state index contributed by atoms with van der Waals surface area (Å²) in [7, 11) is 1.76. The molecule has 0 saturated carbocycles. The van der Waals surface area contributed by atoms with Crippen molar-refractivity contribution in [3.8, 4) is 5.75 Å². The van der Waals surface area contributed by atoms with Crippen molar-refractivity contribution >= 4 is 47.4 Å². The fourth-order valence-corrected chi connectivity index (χ4v) is 3.31. The molecular weight excluding hydrogens is 507 g/mol. The van der Waals surface area contributed by atoms with Crippen LogP contribution in [0.1, 0.15) is 23.0 Å². The summed E-state index contributed by atoms with van der Waals surface area (Å²) in [5, 5.41) is 4.02. The SMILES string of the molecule is CCOc1cc(Cl)ccc1CNC(=NC)N1CCN(C(=O)c2ccco2)CC1.I. The third kappa shape index (κ3) is 6.02. The third-order valence-corrected chi connectivity index (χ3v) is 4.81. The van der Waals surface area contributed by atoms with Gasteiger partial charge in [-0.15, -0.1) is 24.0 Å². The van der Waals surface area contributed by atoms with E-state index < -0.39 is 0 Å². The highest BCUT2D eigenvalue weighted by molar-refractivity contribution is 14.0. The fraction of sp³-hybridized carbons (Fsp3) is 0.400. The largest absolute Gasteiger partial charge is 0.493 e. The van der Waals surface area contributed by atoms with Crippen molar-refractivity contribution in [2.75, 3.05) is 39.8 Å². The number of nitrogens with zero attached hydrogens (tertiary/aromatic N) is 3.